The molecule has 1 aliphatic rings. The lowest BCUT2D eigenvalue weighted by Gasteiger charge is -2.37. The number of hydrogen-bond acceptors (Lipinski definition) is 3. The van der Waals surface area contributed by atoms with Gasteiger partial charge in [0.2, 0.25) is 0 Å². The Balaban J connectivity index is 2.22. The number of primary amides is 1. The molecule has 1 unspecified atom stereocenters. The number of nitrogens with two attached hydrogens (primary N) is 1. The van der Waals surface area contributed by atoms with Gasteiger partial charge in [0.1, 0.15) is 5.67 Å². The summed E-state index contributed by atoms with van der Waals surface area (Å²) in [6, 6.07) is 12.1. The predicted molar refractivity (Wildman–Crippen MR) is 130 cm³/mol. The third-order valence-electron chi connectivity index (χ3n) is 6.56. The van der Waals surface area contributed by atoms with Crippen LogP contribution in [0.2, 0.25) is 0 Å². The molecular formula is C26H34FN3O3. The van der Waals surface area contributed by atoms with Crippen molar-refractivity contribution in [1.82, 2.24) is 0 Å². The van der Waals surface area contributed by atoms with E-state index in [1.165, 1.54) is 4.90 Å². The Morgan fingerprint density at radius 2 is 1.94 bits per heavy atom. The van der Waals surface area contributed by atoms with Crippen LogP contribution in [0.25, 0.3) is 0 Å². The first kappa shape index (κ1) is 24.6. The summed E-state index contributed by atoms with van der Waals surface area (Å²) in [5.74, 6) is -1.09. The number of para-hydroxylation sites is 1. The van der Waals surface area contributed by atoms with Gasteiger partial charge in [-0.15, -0.1) is 0 Å². The zero-order valence-electron chi connectivity index (χ0n) is 19.8. The van der Waals surface area contributed by atoms with Gasteiger partial charge in [0.25, 0.3) is 0 Å². The van der Waals surface area contributed by atoms with Crippen LogP contribution in [0.3, 0.4) is 0 Å². The Kier molecular flexibility index (Phi) is 7.30. The smallest absolute Gasteiger partial charge is 0.323 e. The van der Waals surface area contributed by atoms with Crippen molar-refractivity contribution in [2.45, 2.75) is 71.0 Å². The van der Waals surface area contributed by atoms with Gasteiger partial charge in [0, 0.05) is 6.54 Å². The van der Waals surface area contributed by atoms with E-state index in [2.05, 4.69) is 0 Å². The molecule has 3 N–H and O–H groups in total. The second-order valence-corrected chi connectivity index (χ2v) is 9.33. The number of anilines is 3. The van der Waals surface area contributed by atoms with Gasteiger partial charge in [-0.2, -0.15) is 0 Å². The molecule has 2 atom stereocenters. The number of aryl methyl sites for hydroxylation is 1. The summed E-state index contributed by atoms with van der Waals surface area (Å²) in [5, 5.41) is 9.37. The molecule has 0 saturated carbocycles. The minimum absolute atomic E-state index is 0.0138. The molecule has 6 nitrogen and oxygen atoms in total. The number of benzene rings is 2. The fourth-order valence-corrected chi connectivity index (χ4v) is 4.88. The number of carboxylic acids is 1. The van der Waals surface area contributed by atoms with Gasteiger partial charge < -0.3 is 15.7 Å². The van der Waals surface area contributed by atoms with Crippen molar-refractivity contribution in [1.29, 1.82) is 0 Å². The average molecular weight is 456 g/mol. The van der Waals surface area contributed by atoms with Gasteiger partial charge in [-0.25, -0.2) is 9.18 Å². The van der Waals surface area contributed by atoms with E-state index in [0.717, 1.165) is 23.2 Å². The number of aliphatic carboxylic acids is 1. The quantitative estimate of drug-likeness (QED) is 0.519. The Morgan fingerprint density at radius 3 is 2.52 bits per heavy atom. The van der Waals surface area contributed by atoms with E-state index >= 15 is 4.39 Å². The molecule has 178 valence electrons. The Labute approximate surface area is 195 Å². The molecule has 0 aliphatic carbocycles. The lowest BCUT2D eigenvalue weighted by atomic mass is 9.91. The number of carboxylic acid groups (broad SMARTS) is 1. The largest absolute Gasteiger partial charge is 0.481 e. The highest BCUT2D eigenvalue weighted by Gasteiger charge is 2.39. The van der Waals surface area contributed by atoms with E-state index in [0.29, 0.717) is 30.8 Å². The minimum Gasteiger partial charge on any atom is -0.481 e. The molecule has 2 aromatic rings. The second kappa shape index (κ2) is 9.81. The van der Waals surface area contributed by atoms with Gasteiger partial charge in [-0.1, -0.05) is 31.2 Å². The van der Waals surface area contributed by atoms with Crippen molar-refractivity contribution < 1.29 is 19.1 Å². The third-order valence-corrected chi connectivity index (χ3v) is 6.56. The number of amides is 2. The van der Waals surface area contributed by atoms with Crippen LogP contribution < -0.4 is 15.5 Å². The molecule has 1 aliphatic heterocycles. The van der Waals surface area contributed by atoms with Crippen LogP contribution in [-0.4, -0.2) is 35.4 Å². The van der Waals surface area contributed by atoms with Crippen LogP contribution in [0.4, 0.5) is 26.2 Å². The maximum Gasteiger partial charge on any atom is 0.323 e. The number of halogens is 1. The number of carbonyl (C=O) groups is 2. The van der Waals surface area contributed by atoms with Crippen LogP contribution in [0.1, 0.15) is 63.5 Å². The highest BCUT2D eigenvalue weighted by molar-refractivity contribution is 6.02. The summed E-state index contributed by atoms with van der Waals surface area (Å²) in [6.07, 6.45) is 2.18. The van der Waals surface area contributed by atoms with E-state index in [9.17, 15) is 14.7 Å². The number of urea groups is 1. The topological polar surface area (TPSA) is 86.9 Å². The first-order valence-electron chi connectivity index (χ1n) is 11.5. The molecule has 1 heterocycles. The fourth-order valence-electron chi connectivity index (χ4n) is 4.88. The highest BCUT2D eigenvalue weighted by Crippen LogP contribution is 2.43. The zero-order chi connectivity index (χ0) is 24.3. The molecule has 2 aromatic carbocycles. The minimum atomic E-state index is -1.43. The third kappa shape index (κ3) is 5.29. The molecule has 0 aromatic heterocycles. The molecule has 2 amide bonds. The number of hydrogen-bond donors (Lipinski definition) is 2. The SMILES string of the molecule is CCC(CC(=O)O)c1ccc(N2CCC[C@H]2C(C)(C)F)c(N(C(N)=O)c2ccccc2C)c1. The lowest BCUT2D eigenvalue weighted by Crippen LogP contribution is -2.44. The van der Waals surface area contributed by atoms with Crippen LogP contribution in [-0.2, 0) is 4.79 Å². The van der Waals surface area contributed by atoms with E-state index in [4.69, 9.17) is 5.73 Å². The summed E-state index contributed by atoms with van der Waals surface area (Å²) >= 11 is 0. The number of carbonyl (C=O) groups excluding carboxylic acids is 1. The van der Waals surface area contributed by atoms with E-state index in [-0.39, 0.29) is 18.4 Å². The highest BCUT2D eigenvalue weighted by atomic mass is 19.1. The summed E-state index contributed by atoms with van der Waals surface area (Å²) in [5.41, 5.74) is 8.07. The van der Waals surface area contributed by atoms with Crippen molar-refractivity contribution >= 4 is 29.1 Å². The van der Waals surface area contributed by atoms with Gasteiger partial charge >= 0.3 is 12.0 Å². The lowest BCUT2D eigenvalue weighted by molar-refractivity contribution is -0.137. The Morgan fingerprint density at radius 1 is 1.24 bits per heavy atom. The molecule has 1 saturated heterocycles. The molecule has 0 spiro atoms. The van der Waals surface area contributed by atoms with Gasteiger partial charge in [0.05, 0.1) is 29.5 Å². The first-order chi connectivity index (χ1) is 15.5. The number of rotatable bonds is 8. The van der Waals surface area contributed by atoms with Crippen molar-refractivity contribution in [2.75, 3.05) is 16.3 Å². The van der Waals surface area contributed by atoms with Crippen molar-refractivity contribution in [2.24, 2.45) is 5.73 Å². The van der Waals surface area contributed by atoms with Gasteiger partial charge in [-0.3, -0.25) is 9.69 Å². The van der Waals surface area contributed by atoms with Crippen molar-refractivity contribution in [3.8, 4) is 0 Å². The van der Waals surface area contributed by atoms with Crippen LogP contribution in [0, 0.1) is 6.92 Å². The summed E-state index contributed by atoms with van der Waals surface area (Å²) in [6.45, 7) is 7.67. The normalized spacial score (nSPS) is 17.1. The summed E-state index contributed by atoms with van der Waals surface area (Å²) < 4.78 is 15.1. The van der Waals surface area contributed by atoms with E-state index in [1.54, 1.807) is 13.8 Å². The predicted octanol–water partition coefficient (Wildman–Crippen LogP) is 5.90. The molecule has 1 fully saturated rings. The maximum absolute atomic E-state index is 15.1. The van der Waals surface area contributed by atoms with E-state index in [1.807, 2.05) is 61.2 Å². The number of nitrogens with zero attached hydrogens (tertiary/aromatic N) is 2. The molecule has 0 radical (unpaired) electrons. The maximum atomic E-state index is 15.1. The van der Waals surface area contributed by atoms with Gasteiger partial charge in [0.15, 0.2) is 0 Å². The second-order valence-electron chi connectivity index (χ2n) is 9.33. The zero-order valence-corrected chi connectivity index (χ0v) is 19.8. The molecule has 3 rings (SSSR count). The van der Waals surface area contributed by atoms with Crippen molar-refractivity contribution in [3.05, 3.63) is 53.6 Å². The van der Waals surface area contributed by atoms with Gasteiger partial charge in [-0.05, 0) is 75.3 Å². The summed E-state index contributed by atoms with van der Waals surface area (Å²) in [7, 11) is 0. The fraction of sp³-hybridized carbons (Fsp3) is 0.462. The van der Waals surface area contributed by atoms with Crippen LogP contribution >= 0.6 is 0 Å². The molecule has 0 bridgehead atoms. The summed E-state index contributed by atoms with van der Waals surface area (Å²) in [4.78, 5) is 27.7. The Hall–Kier alpha value is -3.09. The molecular weight excluding hydrogens is 421 g/mol. The monoisotopic (exact) mass is 455 g/mol. The standard InChI is InChI=1S/C26H34FN3O3/c1-5-18(16-24(31)32)19-12-13-21(29-14-8-11-23(29)26(3,4)27)22(15-19)30(25(28)33)20-10-7-6-9-17(20)2/h6-7,9-10,12-13,15,18,23H,5,8,11,14,16H2,1-4H3,(H2,28,33)(H,31,32)/t18?,23-/m0/s1. The number of alkyl halides is 1. The van der Waals surface area contributed by atoms with Crippen molar-refractivity contribution in [3.63, 3.8) is 0 Å². The molecule has 33 heavy (non-hydrogen) atoms. The van der Waals surface area contributed by atoms with E-state index < -0.39 is 17.7 Å². The van der Waals surface area contributed by atoms with Crippen LogP contribution in [0.5, 0.6) is 0 Å². The molecule has 7 heteroatoms. The van der Waals surface area contributed by atoms with Crippen LogP contribution in [0.15, 0.2) is 42.5 Å². The first-order valence-corrected chi connectivity index (χ1v) is 11.5. The Bertz CT molecular complexity index is 1020. The average Bonchev–Trinajstić information content (AvgIpc) is 3.23.